The van der Waals surface area contributed by atoms with Crippen LogP contribution in [0.4, 0.5) is 23.2 Å². The maximum absolute atomic E-state index is 13.4. The third-order valence-electron chi connectivity index (χ3n) is 4.49. The molecule has 0 bridgehead atoms. The average molecular weight is 489 g/mol. The molecule has 0 aliphatic rings. The summed E-state index contributed by atoms with van der Waals surface area (Å²) >= 11 is 1.36. The molecule has 0 atom stereocenters. The molecule has 7 nitrogen and oxygen atoms in total. The van der Waals surface area contributed by atoms with Crippen LogP contribution in [0.5, 0.6) is 0 Å². The first-order valence-corrected chi connectivity index (χ1v) is 10.6. The lowest BCUT2D eigenvalue weighted by atomic mass is 10.1. The number of aromatic nitrogens is 3. The van der Waals surface area contributed by atoms with Gasteiger partial charge in [0.1, 0.15) is 12.4 Å². The Kier molecular flexibility index (Phi) is 6.41. The molecule has 0 aliphatic carbocycles. The molecule has 4 aromatic rings. The molecule has 174 valence electrons. The number of thiophene rings is 1. The largest absolute Gasteiger partial charge is 0.405 e. The third kappa shape index (κ3) is 5.29. The lowest BCUT2D eigenvalue weighted by Crippen LogP contribution is -2.34. The number of carbonyl (C=O) groups excluding carboxylic acids is 2. The van der Waals surface area contributed by atoms with Crippen LogP contribution in [0.3, 0.4) is 0 Å². The first kappa shape index (κ1) is 23.1. The molecule has 0 fully saturated rings. The van der Waals surface area contributed by atoms with Gasteiger partial charge in [-0.3, -0.25) is 9.59 Å². The van der Waals surface area contributed by atoms with Gasteiger partial charge < -0.3 is 10.6 Å². The van der Waals surface area contributed by atoms with Crippen molar-refractivity contribution in [1.29, 1.82) is 0 Å². The lowest BCUT2D eigenvalue weighted by Gasteiger charge is -2.11. The molecule has 0 saturated heterocycles. The maximum atomic E-state index is 13.4. The normalized spacial score (nSPS) is 11.3. The summed E-state index contributed by atoms with van der Waals surface area (Å²) in [5.41, 5.74) is 0.294. The topological polar surface area (TPSA) is 88.9 Å². The summed E-state index contributed by atoms with van der Waals surface area (Å²) in [5.74, 6) is -2.15. The number of nitrogens with one attached hydrogen (secondary N) is 2. The lowest BCUT2D eigenvalue weighted by molar-refractivity contribution is -0.123. The summed E-state index contributed by atoms with van der Waals surface area (Å²) in [6.07, 6.45) is -4.58. The van der Waals surface area contributed by atoms with Gasteiger partial charge in [-0.05, 0) is 47.8 Å². The summed E-state index contributed by atoms with van der Waals surface area (Å²) in [5, 5.41) is 10.3. The number of alkyl halides is 3. The number of halogens is 4. The van der Waals surface area contributed by atoms with E-state index in [0.717, 1.165) is 0 Å². The SMILES string of the molecule is O=C(Nc1ccccc1C(=O)NCC(F)(F)F)c1nc(-c2cccs2)n(-c2ccc(F)cc2)n1. The molecule has 34 heavy (non-hydrogen) atoms. The van der Waals surface area contributed by atoms with Crippen molar-refractivity contribution < 1.29 is 27.2 Å². The molecule has 2 aromatic heterocycles. The van der Waals surface area contributed by atoms with E-state index in [9.17, 15) is 27.2 Å². The second-order valence-corrected chi connectivity index (χ2v) is 7.87. The minimum Gasteiger partial charge on any atom is -0.343 e. The molecule has 0 aliphatic heterocycles. The number of nitrogens with zero attached hydrogens (tertiary/aromatic N) is 3. The minimum atomic E-state index is -4.58. The number of hydrogen-bond acceptors (Lipinski definition) is 5. The molecule has 0 radical (unpaired) electrons. The first-order valence-electron chi connectivity index (χ1n) is 9.73. The van der Waals surface area contributed by atoms with Crippen LogP contribution in [-0.4, -0.2) is 39.3 Å². The first-order chi connectivity index (χ1) is 16.2. The predicted molar refractivity (Wildman–Crippen MR) is 117 cm³/mol. The molecule has 0 unspecified atom stereocenters. The molecule has 2 aromatic carbocycles. The van der Waals surface area contributed by atoms with E-state index in [0.29, 0.717) is 16.4 Å². The summed E-state index contributed by atoms with van der Waals surface area (Å²) < 4.78 is 52.1. The zero-order chi connectivity index (χ0) is 24.3. The van der Waals surface area contributed by atoms with E-state index < -0.39 is 30.4 Å². The molecular formula is C22H15F4N5O2S. The van der Waals surface area contributed by atoms with E-state index in [-0.39, 0.29) is 17.1 Å². The number of amides is 2. The Morgan fingerprint density at radius 1 is 0.971 bits per heavy atom. The zero-order valence-corrected chi connectivity index (χ0v) is 18.0. The van der Waals surface area contributed by atoms with E-state index in [1.807, 2.05) is 5.38 Å². The van der Waals surface area contributed by atoms with Crippen LogP contribution < -0.4 is 10.6 Å². The van der Waals surface area contributed by atoms with E-state index >= 15 is 0 Å². The molecular weight excluding hydrogens is 474 g/mol. The highest BCUT2D eigenvalue weighted by Crippen LogP contribution is 2.26. The highest BCUT2D eigenvalue weighted by Gasteiger charge is 2.28. The summed E-state index contributed by atoms with van der Waals surface area (Å²) in [6, 6.07) is 14.6. The van der Waals surface area contributed by atoms with Crippen molar-refractivity contribution in [2.45, 2.75) is 6.18 Å². The molecule has 0 spiro atoms. The third-order valence-corrected chi connectivity index (χ3v) is 5.36. The van der Waals surface area contributed by atoms with Crippen LogP contribution in [-0.2, 0) is 0 Å². The Morgan fingerprint density at radius 2 is 1.71 bits per heavy atom. The van der Waals surface area contributed by atoms with Crippen LogP contribution in [0.25, 0.3) is 16.4 Å². The molecule has 2 amide bonds. The Balaban J connectivity index is 1.63. The quantitative estimate of drug-likeness (QED) is 0.385. The molecule has 2 heterocycles. The van der Waals surface area contributed by atoms with E-state index in [4.69, 9.17) is 0 Å². The van der Waals surface area contributed by atoms with Gasteiger partial charge in [0.25, 0.3) is 11.8 Å². The summed E-state index contributed by atoms with van der Waals surface area (Å²) in [7, 11) is 0. The van der Waals surface area contributed by atoms with Gasteiger partial charge in [-0.15, -0.1) is 16.4 Å². The van der Waals surface area contributed by atoms with Crippen molar-refractivity contribution in [2.75, 3.05) is 11.9 Å². The second-order valence-electron chi connectivity index (χ2n) is 6.92. The number of carbonyl (C=O) groups is 2. The minimum absolute atomic E-state index is 0.0111. The maximum Gasteiger partial charge on any atom is 0.405 e. The van der Waals surface area contributed by atoms with Crippen LogP contribution in [0.2, 0.25) is 0 Å². The average Bonchev–Trinajstić information content (AvgIpc) is 3.48. The number of para-hydroxylation sites is 1. The fraction of sp³-hybridized carbons (Fsp3) is 0.0909. The fourth-order valence-electron chi connectivity index (χ4n) is 2.98. The molecule has 2 N–H and O–H groups in total. The summed E-state index contributed by atoms with van der Waals surface area (Å²) in [4.78, 5) is 30.1. The van der Waals surface area contributed by atoms with Crippen LogP contribution in [0, 0.1) is 5.82 Å². The van der Waals surface area contributed by atoms with Crippen LogP contribution in [0.1, 0.15) is 21.0 Å². The van der Waals surface area contributed by atoms with Gasteiger partial charge in [-0.2, -0.15) is 13.2 Å². The summed E-state index contributed by atoms with van der Waals surface area (Å²) in [6.45, 7) is -1.51. The van der Waals surface area contributed by atoms with Crippen molar-refractivity contribution in [3.8, 4) is 16.4 Å². The molecule has 4 rings (SSSR count). The van der Waals surface area contributed by atoms with Gasteiger partial charge in [0, 0.05) is 0 Å². The van der Waals surface area contributed by atoms with Gasteiger partial charge >= 0.3 is 6.18 Å². The second kappa shape index (κ2) is 9.43. The van der Waals surface area contributed by atoms with Gasteiger partial charge in [0.05, 0.1) is 21.8 Å². The Hall–Kier alpha value is -4.06. The van der Waals surface area contributed by atoms with Gasteiger partial charge in [-0.1, -0.05) is 18.2 Å². The number of benzene rings is 2. The van der Waals surface area contributed by atoms with Gasteiger partial charge in [-0.25, -0.2) is 14.1 Å². The van der Waals surface area contributed by atoms with Gasteiger partial charge in [0.15, 0.2) is 5.82 Å². The van der Waals surface area contributed by atoms with E-state index in [1.165, 1.54) is 64.5 Å². The van der Waals surface area contributed by atoms with Crippen LogP contribution in [0.15, 0.2) is 66.0 Å². The highest BCUT2D eigenvalue weighted by atomic mass is 32.1. The van der Waals surface area contributed by atoms with Crippen molar-refractivity contribution in [3.63, 3.8) is 0 Å². The monoisotopic (exact) mass is 489 g/mol. The predicted octanol–water partition coefficient (Wildman–Crippen LogP) is 4.68. The van der Waals surface area contributed by atoms with Crippen molar-refractivity contribution >= 4 is 28.8 Å². The van der Waals surface area contributed by atoms with E-state index in [1.54, 1.807) is 17.4 Å². The number of anilines is 1. The Bertz CT molecular complexity index is 1320. The molecule has 0 saturated carbocycles. The number of rotatable bonds is 6. The van der Waals surface area contributed by atoms with Crippen LogP contribution >= 0.6 is 11.3 Å². The van der Waals surface area contributed by atoms with E-state index in [2.05, 4.69) is 15.4 Å². The standard InChI is InChI=1S/C22H15F4N5O2S/c23-13-7-9-14(10-8-13)31-19(17-6-3-11-34-17)29-18(30-31)21(33)28-16-5-2-1-4-15(16)20(32)27-12-22(24,25)26/h1-11H,12H2,(H,27,32)(H,28,33). The van der Waals surface area contributed by atoms with Crippen molar-refractivity contribution in [2.24, 2.45) is 0 Å². The fourth-order valence-corrected chi connectivity index (χ4v) is 3.68. The van der Waals surface area contributed by atoms with Gasteiger partial charge in [0.2, 0.25) is 5.82 Å². The Morgan fingerprint density at radius 3 is 2.38 bits per heavy atom. The number of hydrogen-bond donors (Lipinski definition) is 2. The van der Waals surface area contributed by atoms with Crippen molar-refractivity contribution in [3.05, 3.63) is 83.2 Å². The Labute approximate surface area is 194 Å². The molecule has 12 heteroatoms. The smallest absolute Gasteiger partial charge is 0.343 e. The highest BCUT2D eigenvalue weighted by molar-refractivity contribution is 7.13. The van der Waals surface area contributed by atoms with Crippen molar-refractivity contribution in [1.82, 2.24) is 20.1 Å². The zero-order valence-electron chi connectivity index (χ0n) is 17.1.